The number of hydrogen-bond acceptors (Lipinski definition) is 11. The first-order chi connectivity index (χ1) is 36.1. The van der Waals surface area contributed by atoms with Crippen LogP contribution in [0.4, 0.5) is 0 Å². The average Bonchev–Trinajstić information content (AvgIpc) is 3.99. The van der Waals surface area contributed by atoms with E-state index in [1.807, 2.05) is 11.8 Å². The first-order valence-electron chi connectivity index (χ1n) is 25.2. The van der Waals surface area contributed by atoms with Crippen LogP contribution in [0.2, 0.25) is 0 Å². The second kappa shape index (κ2) is 25.9. The first-order valence-corrected chi connectivity index (χ1v) is 26.0. The fourth-order valence-electron chi connectivity index (χ4n) is 9.97. The van der Waals surface area contributed by atoms with Gasteiger partial charge < -0.3 is 37.2 Å². The van der Waals surface area contributed by atoms with E-state index in [4.69, 9.17) is 16.4 Å². The molecule has 21 heteroatoms. The molecule has 0 spiro atoms. The molecule has 0 saturated heterocycles. The summed E-state index contributed by atoms with van der Waals surface area (Å²) in [5, 5.41) is 42.3. The number of allylic oxidation sites excluding steroid dienone is 6. The third-order valence-electron chi connectivity index (χ3n) is 13.6. The number of primary amides is 1. The Hall–Kier alpha value is -7.87. The molecule has 20 nitrogen and oxygen atoms in total. The molecule has 1 unspecified atom stereocenters. The van der Waals surface area contributed by atoms with Crippen LogP contribution >= 0.6 is 11.8 Å². The number of aryl methyl sites for hydroxylation is 2. The van der Waals surface area contributed by atoms with Gasteiger partial charge in [0, 0.05) is 61.6 Å². The summed E-state index contributed by atoms with van der Waals surface area (Å²) in [6.07, 6.45) is 7.77. The lowest BCUT2D eigenvalue weighted by Crippen LogP contribution is -2.54. The summed E-state index contributed by atoms with van der Waals surface area (Å²) in [4.78, 5) is 91.2. The van der Waals surface area contributed by atoms with Crippen molar-refractivity contribution < 1.29 is 43.8 Å². The Morgan fingerprint density at radius 2 is 1.57 bits per heavy atom. The monoisotopic (exact) mass is 1040 g/mol. The number of carboxylic acids is 2. The summed E-state index contributed by atoms with van der Waals surface area (Å²) in [5.74, 6) is 7.62. The van der Waals surface area contributed by atoms with Gasteiger partial charge in [0.25, 0.3) is 0 Å². The van der Waals surface area contributed by atoms with Crippen LogP contribution in [0.5, 0.6) is 0 Å². The Morgan fingerprint density at radius 1 is 0.880 bits per heavy atom. The number of nitrogens with zero attached hydrogens (tertiary/aromatic N) is 6. The van der Waals surface area contributed by atoms with Crippen LogP contribution in [-0.4, -0.2) is 97.9 Å². The maximum atomic E-state index is 13.0. The molecule has 1 aliphatic heterocycles. The molecule has 0 radical (unpaired) electrons. The summed E-state index contributed by atoms with van der Waals surface area (Å²) >= 11 is 1.98. The summed E-state index contributed by atoms with van der Waals surface area (Å²) in [7, 11) is 0. The molecular weight excluding hydrogens is 979 g/mol. The van der Waals surface area contributed by atoms with E-state index in [1.165, 1.54) is 60.9 Å². The highest BCUT2D eigenvalue weighted by molar-refractivity contribution is 8.06. The molecular formula is C54H61N11O9S. The lowest BCUT2D eigenvalue weighted by Gasteiger charge is -2.37. The van der Waals surface area contributed by atoms with E-state index in [0.717, 1.165) is 44.9 Å². The van der Waals surface area contributed by atoms with Crippen molar-refractivity contribution in [3.8, 4) is 23.7 Å². The van der Waals surface area contributed by atoms with Crippen LogP contribution in [0.25, 0.3) is 26.8 Å². The van der Waals surface area contributed by atoms with Crippen LogP contribution in [0.15, 0.2) is 74.2 Å². The zero-order valence-corrected chi connectivity index (χ0v) is 42.8. The second-order valence-corrected chi connectivity index (χ2v) is 20.4. The minimum absolute atomic E-state index is 0.132. The molecule has 0 saturated carbocycles. The Kier molecular flexibility index (Phi) is 18.9. The SMILES string of the molecule is C[C@H](NC(=O)[C@H](CCC(=O)O)NC(=O)CNC(=O)[C@H](CC(=O)O)NC(=O)CCc1cn(CCC#CC2CCC3=C(C2)/C(=C2/c4c(ccc5ccccc45)C[C@H]2C)C2=C(CC[C@H](C#CCCN=[N+]=[N-])C2)S3)nn1)C(N)=O. The van der Waals surface area contributed by atoms with Gasteiger partial charge in [0.2, 0.25) is 29.5 Å². The number of amides is 5. The van der Waals surface area contributed by atoms with Crippen molar-refractivity contribution in [2.24, 2.45) is 28.6 Å². The molecule has 8 N–H and O–H groups in total. The van der Waals surface area contributed by atoms with Crippen LogP contribution < -0.4 is 27.0 Å². The van der Waals surface area contributed by atoms with Crippen molar-refractivity contribution in [3.63, 3.8) is 0 Å². The van der Waals surface area contributed by atoms with Gasteiger partial charge in [0.05, 0.1) is 25.2 Å². The van der Waals surface area contributed by atoms with Crippen LogP contribution in [0.3, 0.4) is 0 Å². The van der Waals surface area contributed by atoms with Gasteiger partial charge in [-0.05, 0) is 124 Å². The molecule has 7 rings (SSSR count). The van der Waals surface area contributed by atoms with Crippen molar-refractivity contribution in [3.05, 3.63) is 96.4 Å². The number of aromatic nitrogens is 3. The zero-order valence-electron chi connectivity index (χ0n) is 41.9. The van der Waals surface area contributed by atoms with Gasteiger partial charge in [0.1, 0.15) is 18.1 Å². The molecule has 2 aromatic carbocycles. The largest absolute Gasteiger partial charge is 0.481 e. The van der Waals surface area contributed by atoms with Crippen molar-refractivity contribution in [1.82, 2.24) is 36.3 Å². The quantitative estimate of drug-likeness (QED) is 0.0247. The molecule has 6 atom stereocenters. The number of thioether (sulfide) groups is 1. The molecule has 3 aromatic rings. The number of nitrogens with one attached hydrogen (secondary N) is 4. The highest BCUT2D eigenvalue weighted by atomic mass is 32.2. The number of rotatable bonds is 20. The maximum absolute atomic E-state index is 13.0. The molecule has 5 amide bonds. The molecule has 0 bridgehead atoms. The number of carboxylic acid groups (broad SMARTS) is 2. The molecule has 75 heavy (non-hydrogen) atoms. The van der Waals surface area contributed by atoms with Gasteiger partial charge >= 0.3 is 11.9 Å². The number of fused-ring (bicyclic) bond motifs is 3. The van der Waals surface area contributed by atoms with E-state index >= 15 is 0 Å². The van der Waals surface area contributed by atoms with Crippen LogP contribution in [0.1, 0.15) is 108 Å². The molecule has 2 heterocycles. The van der Waals surface area contributed by atoms with E-state index in [2.05, 4.69) is 109 Å². The van der Waals surface area contributed by atoms with E-state index in [0.29, 0.717) is 37.5 Å². The highest BCUT2D eigenvalue weighted by Gasteiger charge is 2.39. The van der Waals surface area contributed by atoms with Gasteiger partial charge in [-0.3, -0.25) is 38.2 Å². The fourth-order valence-corrected chi connectivity index (χ4v) is 11.3. The lowest BCUT2D eigenvalue weighted by atomic mass is 9.74. The normalized spacial score (nSPS) is 19.7. The number of azide groups is 1. The zero-order chi connectivity index (χ0) is 53.6. The second-order valence-electron chi connectivity index (χ2n) is 19.2. The van der Waals surface area contributed by atoms with Crippen molar-refractivity contribution >= 4 is 69.6 Å². The number of carbonyl (C=O) groups is 7. The average molecular weight is 1040 g/mol. The minimum Gasteiger partial charge on any atom is -0.481 e. The summed E-state index contributed by atoms with van der Waals surface area (Å²) in [5.41, 5.74) is 22.9. The van der Waals surface area contributed by atoms with Crippen molar-refractivity contribution in [1.29, 1.82) is 0 Å². The molecule has 392 valence electrons. The Labute approximate surface area is 438 Å². The molecule has 1 aromatic heterocycles. The fraction of sp³-hybridized carbons (Fsp3) is 0.463. The minimum atomic E-state index is -1.56. The Morgan fingerprint density at radius 3 is 2.25 bits per heavy atom. The summed E-state index contributed by atoms with van der Waals surface area (Å²) < 4.78 is 1.65. The third-order valence-corrected chi connectivity index (χ3v) is 15.0. The van der Waals surface area contributed by atoms with Gasteiger partial charge in [-0.25, -0.2) is 0 Å². The smallest absolute Gasteiger partial charge is 0.305 e. The number of carbonyl (C=O) groups excluding carboxylic acids is 5. The molecule has 3 aliphatic carbocycles. The lowest BCUT2D eigenvalue weighted by molar-refractivity contribution is -0.141. The number of aliphatic carboxylic acids is 2. The van der Waals surface area contributed by atoms with E-state index in [9.17, 15) is 38.7 Å². The summed E-state index contributed by atoms with van der Waals surface area (Å²) in [6, 6.07) is 9.16. The van der Waals surface area contributed by atoms with Gasteiger partial charge in [0.15, 0.2) is 0 Å². The van der Waals surface area contributed by atoms with Gasteiger partial charge in [-0.15, -0.1) is 16.9 Å². The number of hydrogen-bond donors (Lipinski definition) is 7. The van der Waals surface area contributed by atoms with Crippen LogP contribution in [0, 0.1) is 41.4 Å². The van der Waals surface area contributed by atoms with E-state index in [-0.39, 0.29) is 31.1 Å². The van der Waals surface area contributed by atoms with Gasteiger partial charge in [-0.2, -0.15) is 0 Å². The van der Waals surface area contributed by atoms with E-state index in [1.54, 1.807) is 10.9 Å². The molecule has 4 aliphatic rings. The topological polar surface area (TPSA) is 314 Å². The van der Waals surface area contributed by atoms with Crippen LogP contribution in [-0.2, 0) is 52.9 Å². The standard InChI is InChI=1S/C54H61N11O9S/c1-31-25-36-16-15-35-11-3-4-12-38(35)50(36)49(31)51-39-26-33(9-5-7-23-58-63-56)13-19-43(39)75-44-20-14-34(27-40(44)51)10-6-8-24-65-30-37(62-64-65)17-21-45(66)61-42(28-48(70)71)53(73)57-29-46(67)60-41(18-22-47(68)69)54(74)59-32(2)52(55)72/h3-4,11-12,15-16,30-34,41-42H,7-8,13-14,17-29H2,1-2H3,(H2,55,72)(H,57,73)(H,59,74)(H,60,67)(H,61,66)(H,68,69)(H,70,71)/b51-49+/t31-,32+,33+,34?,41+,42+/m1/s1. The highest BCUT2D eigenvalue weighted by Crippen LogP contribution is 2.57. The predicted molar refractivity (Wildman–Crippen MR) is 280 cm³/mol. The molecule has 0 fully saturated rings. The summed E-state index contributed by atoms with van der Waals surface area (Å²) in [6.45, 7) is 3.75. The predicted octanol–water partition coefficient (Wildman–Crippen LogP) is 5.38. The first kappa shape index (κ1) is 54.9. The maximum Gasteiger partial charge on any atom is 0.305 e. The number of benzene rings is 2. The Balaban J connectivity index is 0.947. The van der Waals surface area contributed by atoms with Gasteiger partial charge in [-0.1, -0.05) is 77.3 Å². The van der Waals surface area contributed by atoms with E-state index < -0.39 is 79.0 Å². The van der Waals surface area contributed by atoms with Crippen molar-refractivity contribution in [2.45, 2.75) is 128 Å². The van der Waals surface area contributed by atoms with Crippen molar-refractivity contribution in [2.75, 3.05) is 13.1 Å². The number of nitrogens with two attached hydrogens (primary N) is 1. The third kappa shape index (κ3) is 14.7. The Bertz CT molecular complexity index is 3040.